The van der Waals surface area contributed by atoms with Crippen molar-refractivity contribution < 1.29 is 9.22 Å². The van der Waals surface area contributed by atoms with E-state index in [1.54, 1.807) is 0 Å². The summed E-state index contributed by atoms with van der Waals surface area (Å²) in [5.41, 5.74) is 1.37. The molecule has 26 heavy (non-hydrogen) atoms. The number of nitrogens with zero attached hydrogens (tertiary/aromatic N) is 1. The van der Waals surface area contributed by atoms with Crippen LogP contribution in [-0.4, -0.2) is 39.2 Å². The van der Waals surface area contributed by atoms with E-state index in [9.17, 15) is 4.79 Å². The van der Waals surface area contributed by atoms with Gasteiger partial charge in [0.25, 0.3) is 0 Å². The molecule has 0 amide bonds. The number of hydrogen-bond donors (Lipinski definition) is 0. The maximum atomic E-state index is 11.1. The molecule has 1 aliphatic heterocycles. The zero-order valence-corrected chi connectivity index (χ0v) is 18.3. The highest BCUT2D eigenvalue weighted by Gasteiger charge is 2.37. The quantitative estimate of drug-likeness (QED) is 0.466. The molecule has 146 valence electrons. The maximum absolute atomic E-state index is 11.1. The highest BCUT2D eigenvalue weighted by atomic mass is 28.4. The molecule has 2 atom stereocenters. The molecule has 0 saturated carbocycles. The van der Waals surface area contributed by atoms with Crippen molar-refractivity contribution in [1.82, 2.24) is 4.90 Å². The number of rotatable bonds is 8. The van der Waals surface area contributed by atoms with Gasteiger partial charge in [0.2, 0.25) is 0 Å². The summed E-state index contributed by atoms with van der Waals surface area (Å²) < 4.78 is 6.41. The number of likely N-dealkylation sites (tertiary alicyclic amines) is 1. The molecule has 0 bridgehead atoms. The molecule has 2 rings (SSSR count). The van der Waals surface area contributed by atoms with Crippen LogP contribution < -0.4 is 0 Å². The predicted octanol–water partition coefficient (Wildman–Crippen LogP) is 5.13. The molecule has 1 aromatic carbocycles. The Labute approximate surface area is 161 Å². The number of benzene rings is 1. The van der Waals surface area contributed by atoms with Gasteiger partial charge in [-0.15, -0.1) is 0 Å². The lowest BCUT2D eigenvalue weighted by Gasteiger charge is -2.40. The van der Waals surface area contributed by atoms with Crippen molar-refractivity contribution in [1.29, 1.82) is 0 Å². The summed E-state index contributed by atoms with van der Waals surface area (Å²) in [6, 6.07) is 10.7. The average molecular weight is 376 g/mol. The van der Waals surface area contributed by atoms with Crippen molar-refractivity contribution >= 4 is 14.6 Å². The third-order valence-corrected chi connectivity index (χ3v) is 10.9. The third-order valence-electron chi connectivity index (χ3n) is 6.38. The van der Waals surface area contributed by atoms with Crippen molar-refractivity contribution in [3.8, 4) is 0 Å². The predicted molar refractivity (Wildman–Crippen MR) is 112 cm³/mol. The SMILES string of the molecule is CC(C)(C)[Si](C)(C)OCC[C@H]1CN(Cc2ccccc2)CC[C@H]1CC=O. The third kappa shape index (κ3) is 6.03. The van der Waals surface area contributed by atoms with Gasteiger partial charge in [0.1, 0.15) is 6.29 Å². The largest absolute Gasteiger partial charge is 0.417 e. The van der Waals surface area contributed by atoms with Crippen LogP contribution in [0.25, 0.3) is 0 Å². The molecule has 0 unspecified atom stereocenters. The van der Waals surface area contributed by atoms with Gasteiger partial charge in [-0.2, -0.15) is 0 Å². The summed E-state index contributed by atoms with van der Waals surface area (Å²) in [6.45, 7) is 15.5. The van der Waals surface area contributed by atoms with Crippen LogP contribution >= 0.6 is 0 Å². The molecule has 1 saturated heterocycles. The first-order valence-electron chi connectivity index (χ1n) is 10.1. The lowest BCUT2D eigenvalue weighted by molar-refractivity contribution is -0.109. The second-order valence-electron chi connectivity index (χ2n) is 9.33. The van der Waals surface area contributed by atoms with Gasteiger partial charge < -0.3 is 9.22 Å². The molecule has 0 aliphatic carbocycles. The number of carbonyl (C=O) groups excluding carboxylic acids is 1. The van der Waals surface area contributed by atoms with Gasteiger partial charge in [0.15, 0.2) is 8.32 Å². The Morgan fingerprint density at radius 3 is 2.50 bits per heavy atom. The Morgan fingerprint density at radius 2 is 1.88 bits per heavy atom. The number of hydrogen-bond acceptors (Lipinski definition) is 3. The van der Waals surface area contributed by atoms with E-state index in [1.165, 1.54) is 5.56 Å². The molecule has 0 N–H and O–H groups in total. The zero-order chi connectivity index (χ0) is 19.2. The second-order valence-corrected chi connectivity index (χ2v) is 14.1. The minimum Gasteiger partial charge on any atom is -0.417 e. The molecule has 1 aliphatic rings. The van der Waals surface area contributed by atoms with Crippen LogP contribution in [-0.2, 0) is 15.8 Å². The summed E-state index contributed by atoms with van der Waals surface area (Å²) in [5.74, 6) is 1.07. The molecule has 1 heterocycles. The molecular weight excluding hydrogens is 338 g/mol. The fourth-order valence-electron chi connectivity index (χ4n) is 3.58. The number of carbonyl (C=O) groups is 1. The molecule has 1 fully saturated rings. The Balaban J connectivity index is 1.92. The van der Waals surface area contributed by atoms with Gasteiger partial charge in [0, 0.05) is 26.1 Å². The fourth-order valence-corrected chi connectivity index (χ4v) is 4.65. The summed E-state index contributed by atoms with van der Waals surface area (Å²) in [5, 5.41) is 0.251. The van der Waals surface area contributed by atoms with E-state index in [4.69, 9.17) is 4.43 Å². The second kappa shape index (κ2) is 9.29. The molecule has 4 heteroatoms. The van der Waals surface area contributed by atoms with Gasteiger partial charge in [-0.05, 0) is 54.9 Å². The number of piperidine rings is 1. The minimum absolute atomic E-state index is 0.251. The van der Waals surface area contributed by atoms with Crippen molar-refractivity contribution in [2.24, 2.45) is 11.8 Å². The minimum atomic E-state index is -1.69. The Morgan fingerprint density at radius 1 is 1.19 bits per heavy atom. The van der Waals surface area contributed by atoms with Crippen molar-refractivity contribution in [2.45, 2.75) is 64.7 Å². The highest BCUT2D eigenvalue weighted by Crippen LogP contribution is 2.37. The van der Waals surface area contributed by atoms with E-state index in [1.807, 2.05) is 0 Å². The zero-order valence-electron chi connectivity index (χ0n) is 17.3. The molecule has 3 nitrogen and oxygen atoms in total. The molecule has 0 aromatic heterocycles. The monoisotopic (exact) mass is 375 g/mol. The van der Waals surface area contributed by atoms with Crippen LogP contribution in [0.15, 0.2) is 30.3 Å². The van der Waals surface area contributed by atoms with Crippen LogP contribution in [0.3, 0.4) is 0 Å². The van der Waals surface area contributed by atoms with Crippen molar-refractivity contribution in [3.05, 3.63) is 35.9 Å². The highest BCUT2D eigenvalue weighted by molar-refractivity contribution is 6.74. The van der Waals surface area contributed by atoms with E-state index in [-0.39, 0.29) is 5.04 Å². The number of aldehydes is 1. The van der Waals surface area contributed by atoms with Crippen LogP contribution in [0.1, 0.15) is 45.6 Å². The van der Waals surface area contributed by atoms with Gasteiger partial charge in [-0.1, -0.05) is 51.1 Å². The Hall–Kier alpha value is -0.973. The Bertz CT molecular complexity index is 553. The topological polar surface area (TPSA) is 29.5 Å². The average Bonchev–Trinajstić information content (AvgIpc) is 2.57. The van der Waals surface area contributed by atoms with Gasteiger partial charge >= 0.3 is 0 Å². The van der Waals surface area contributed by atoms with Crippen molar-refractivity contribution in [3.63, 3.8) is 0 Å². The van der Waals surface area contributed by atoms with E-state index in [2.05, 4.69) is 69.1 Å². The van der Waals surface area contributed by atoms with Crippen LogP contribution in [0, 0.1) is 11.8 Å². The molecule has 0 spiro atoms. The van der Waals surface area contributed by atoms with Gasteiger partial charge in [-0.25, -0.2) is 0 Å². The van der Waals surface area contributed by atoms with E-state index < -0.39 is 8.32 Å². The summed E-state index contributed by atoms with van der Waals surface area (Å²) in [7, 11) is -1.69. The Kier molecular flexibility index (Phi) is 7.62. The maximum Gasteiger partial charge on any atom is 0.191 e. The van der Waals surface area contributed by atoms with E-state index in [0.717, 1.165) is 45.4 Å². The summed E-state index contributed by atoms with van der Waals surface area (Å²) in [6.07, 6.45) is 4.00. The normalized spacial score (nSPS) is 22.3. The van der Waals surface area contributed by atoms with Crippen LogP contribution in [0.4, 0.5) is 0 Å². The standard InChI is InChI=1S/C22H37NO2Si/c1-22(2,3)26(4,5)25-16-13-21-18-23(14-11-20(21)12-15-24)17-19-9-7-6-8-10-19/h6-10,15,20-21H,11-14,16-18H2,1-5H3/t20-,21-/m0/s1. The van der Waals surface area contributed by atoms with Crippen molar-refractivity contribution in [2.75, 3.05) is 19.7 Å². The summed E-state index contributed by atoms with van der Waals surface area (Å²) in [4.78, 5) is 13.7. The van der Waals surface area contributed by atoms with Gasteiger partial charge in [-0.3, -0.25) is 4.90 Å². The molecule has 0 radical (unpaired) electrons. The van der Waals surface area contributed by atoms with Gasteiger partial charge in [0.05, 0.1) is 0 Å². The summed E-state index contributed by atoms with van der Waals surface area (Å²) >= 11 is 0. The van der Waals surface area contributed by atoms with E-state index >= 15 is 0 Å². The molecular formula is C22H37NO2Si. The molecule has 1 aromatic rings. The fraction of sp³-hybridized carbons (Fsp3) is 0.682. The first kappa shape index (κ1) is 21.3. The van der Waals surface area contributed by atoms with E-state index in [0.29, 0.717) is 18.3 Å². The first-order chi connectivity index (χ1) is 12.2. The first-order valence-corrected chi connectivity index (χ1v) is 13.0. The smallest absolute Gasteiger partial charge is 0.191 e. The lowest BCUT2D eigenvalue weighted by Crippen LogP contribution is -2.43. The lowest BCUT2D eigenvalue weighted by atomic mass is 9.81. The van der Waals surface area contributed by atoms with Crippen LogP contribution in [0.5, 0.6) is 0 Å². The van der Waals surface area contributed by atoms with Crippen LogP contribution in [0.2, 0.25) is 18.1 Å².